The molecule has 196 valence electrons. The van der Waals surface area contributed by atoms with Gasteiger partial charge in [0, 0.05) is 39.3 Å². The van der Waals surface area contributed by atoms with Crippen LogP contribution in [-0.4, -0.2) is 74.0 Å². The third-order valence-electron chi connectivity index (χ3n) is 7.22. The van der Waals surface area contributed by atoms with Crippen molar-refractivity contribution in [1.29, 1.82) is 0 Å². The van der Waals surface area contributed by atoms with Crippen LogP contribution in [0.3, 0.4) is 0 Å². The summed E-state index contributed by atoms with van der Waals surface area (Å²) in [6.07, 6.45) is 3.58. The minimum Gasteiger partial charge on any atom is -0.356 e. The zero-order valence-electron chi connectivity index (χ0n) is 22.1. The molecule has 1 saturated heterocycles. The fourth-order valence-electron chi connectivity index (χ4n) is 5.03. The number of piperazine rings is 1. The van der Waals surface area contributed by atoms with Crippen molar-refractivity contribution in [2.45, 2.75) is 51.4 Å². The molecule has 2 amide bonds. The fourth-order valence-corrected chi connectivity index (χ4v) is 5.03. The first-order valence-corrected chi connectivity index (χ1v) is 13.7. The first-order chi connectivity index (χ1) is 17.6. The molecule has 0 bridgehead atoms. The normalized spacial score (nSPS) is 16.3. The van der Waals surface area contributed by atoms with Crippen LogP contribution in [0.1, 0.15) is 62.5 Å². The Morgan fingerprint density at radius 1 is 0.667 bits per heavy atom. The molecule has 0 radical (unpaired) electrons. The molecule has 2 N–H and O–H groups in total. The van der Waals surface area contributed by atoms with Crippen LogP contribution in [0.2, 0.25) is 0 Å². The van der Waals surface area contributed by atoms with Gasteiger partial charge in [0.1, 0.15) is 0 Å². The van der Waals surface area contributed by atoms with E-state index in [0.717, 1.165) is 89.2 Å². The predicted molar refractivity (Wildman–Crippen MR) is 147 cm³/mol. The molecule has 2 aromatic rings. The molecule has 6 heteroatoms. The number of hydrogen-bond donors (Lipinski definition) is 2. The maximum Gasteiger partial charge on any atom is 0.227 e. The Kier molecular flexibility index (Phi) is 11.9. The molecule has 0 saturated carbocycles. The maximum absolute atomic E-state index is 12.6. The Balaban J connectivity index is 1.25. The Morgan fingerprint density at radius 3 is 1.36 bits per heavy atom. The Labute approximate surface area is 217 Å². The van der Waals surface area contributed by atoms with Gasteiger partial charge in [0.15, 0.2) is 0 Å². The van der Waals surface area contributed by atoms with E-state index in [1.807, 2.05) is 60.7 Å². The summed E-state index contributed by atoms with van der Waals surface area (Å²) < 4.78 is 0. The molecular formula is C30H44N4O2. The van der Waals surface area contributed by atoms with Gasteiger partial charge in [-0.15, -0.1) is 0 Å². The van der Waals surface area contributed by atoms with Gasteiger partial charge >= 0.3 is 0 Å². The van der Waals surface area contributed by atoms with E-state index >= 15 is 0 Å². The summed E-state index contributed by atoms with van der Waals surface area (Å²) in [4.78, 5) is 30.2. The number of hydrogen-bond acceptors (Lipinski definition) is 4. The molecule has 6 nitrogen and oxygen atoms in total. The number of rotatable bonds is 14. The molecule has 0 unspecified atom stereocenters. The summed E-state index contributed by atoms with van der Waals surface area (Å²) in [6.45, 7) is 11.9. The lowest BCUT2D eigenvalue weighted by molar-refractivity contribution is -0.123. The molecule has 36 heavy (non-hydrogen) atoms. The minimum atomic E-state index is -0.0641. The number of nitrogens with one attached hydrogen (secondary N) is 2. The van der Waals surface area contributed by atoms with Gasteiger partial charge in [-0.1, -0.05) is 74.5 Å². The van der Waals surface area contributed by atoms with E-state index < -0.39 is 0 Å². The maximum atomic E-state index is 12.6. The number of amides is 2. The van der Waals surface area contributed by atoms with Crippen LogP contribution in [0, 0.1) is 0 Å². The average molecular weight is 493 g/mol. The summed E-state index contributed by atoms with van der Waals surface area (Å²) in [5, 5.41) is 6.27. The lowest BCUT2D eigenvalue weighted by atomic mass is 9.96. The van der Waals surface area contributed by atoms with Crippen molar-refractivity contribution < 1.29 is 9.59 Å². The molecule has 1 aliphatic rings. The summed E-state index contributed by atoms with van der Waals surface area (Å²) in [7, 11) is 0. The third-order valence-corrected chi connectivity index (χ3v) is 7.22. The van der Waals surface area contributed by atoms with Gasteiger partial charge in [-0.2, -0.15) is 0 Å². The third kappa shape index (κ3) is 8.75. The van der Waals surface area contributed by atoms with Crippen molar-refractivity contribution in [3.05, 3.63) is 71.8 Å². The molecule has 2 aromatic carbocycles. The average Bonchev–Trinajstić information content (AvgIpc) is 2.92. The van der Waals surface area contributed by atoms with Crippen molar-refractivity contribution in [2.24, 2.45) is 0 Å². The number of nitrogens with zero attached hydrogens (tertiary/aromatic N) is 2. The standard InChI is InChI=1S/C30H44N4O2/c1-3-27(25-13-7-5-8-14-25)29(35)31-17-11-19-33-21-23-34(24-22-33)20-12-18-32-30(36)28(4-2)26-15-9-6-10-16-26/h5-10,13-16,27-28H,3-4,11-12,17-24H2,1-2H3,(H,31,35)(H,32,36)/t27-,28+. The van der Waals surface area contributed by atoms with Gasteiger partial charge in [-0.25, -0.2) is 0 Å². The molecule has 1 heterocycles. The first-order valence-electron chi connectivity index (χ1n) is 13.7. The SMILES string of the molecule is CC[C@H](C(=O)NCCCN1CCN(CCCNC(=O)[C@H](CC)c2ccccc2)CC1)c1ccccc1. The topological polar surface area (TPSA) is 64.7 Å². The van der Waals surface area contributed by atoms with Crippen LogP contribution >= 0.6 is 0 Å². The smallest absolute Gasteiger partial charge is 0.227 e. The summed E-state index contributed by atoms with van der Waals surface area (Å²) in [6, 6.07) is 20.1. The van der Waals surface area contributed by atoms with Crippen LogP contribution in [0.5, 0.6) is 0 Å². The quantitative estimate of drug-likeness (QED) is 0.391. The van der Waals surface area contributed by atoms with E-state index in [0.29, 0.717) is 0 Å². The van der Waals surface area contributed by atoms with Gasteiger partial charge in [-0.3, -0.25) is 9.59 Å². The van der Waals surface area contributed by atoms with Crippen molar-refractivity contribution in [2.75, 3.05) is 52.4 Å². The summed E-state index contributed by atoms with van der Waals surface area (Å²) in [5.74, 6) is 0.140. The molecule has 2 atom stereocenters. The van der Waals surface area contributed by atoms with Crippen LogP contribution in [-0.2, 0) is 9.59 Å². The van der Waals surface area contributed by atoms with E-state index in [-0.39, 0.29) is 23.7 Å². The molecule has 3 rings (SSSR count). The Morgan fingerprint density at radius 2 is 1.03 bits per heavy atom. The highest BCUT2D eigenvalue weighted by atomic mass is 16.2. The highest BCUT2D eigenvalue weighted by molar-refractivity contribution is 5.84. The van der Waals surface area contributed by atoms with E-state index in [2.05, 4.69) is 34.3 Å². The van der Waals surface area contributed by atoms with Crippen molar-refractivity contribution in [1.82, 2.24) is 20.4 Å². The second-order valence-electron chi connectivity index (χ2n) is 9.72. The van der Waals surface area contributed by atoms with Gasteiger partial charge < -0.3 is 20.4 Å². The molecule has 0 aliphatic carbocycles. The Hall–Kier alpha value is -2.70. The van der Waals surface area contributed by atoms with Crippen molar-refractivity contribution in [3.63, 3.8) is 0 Å². The number of benzene rings is 2. The van der Waals surface area contributed by atoms with Crippen molar-refractivity contribution in [3.8, 4) is 0 Å². The monoisotopic (exact) mass is 492 g/mol. The molecule has 1 aliphatic heterocycles. The molecular weight excluding hydrogens is 448 g/mol. The molecule has 0 spiro atoms. The molecule has 0 aromatic heterocycles. The van der Waals surface area contributed by atoms with Crippen LogP contribution in [0.15, 0.2) is 60.7 Å². The molecule has 1 fully saturated rings. The largest absolute Gasteiger partial charge is 0.356 e. The fraction of sp³-hybridized carbons (Fsp3) is 0.533. The lowest BCUT2D eigenvalue weighted by Crippen LogP contribution is -2.47. The summed E-state index contributed by atoms with van der Waals surface area (Å²) in [5.41, 5.74) is 2.18. The zero-order valence-corrected chi connectivity index (χ0v) is 22.1. The van der Waals surface area contributed by atoms with Gasteiger partial charge in [0.2, 0.25) is 11.8 Å². The van der Waals surface area contributed by atoms with E-state index in [1.54, 1.807) is 0 Å². The minimum absolute atomic E-state index is 0.0641. The predicted octanol–water partition coefficient (Wildman–Crippen LogP) is 4.00. The zero-order chi connectivity index (χ0) is 25.6. The van der Waals surface area contributed by atoms with E-state index in [1.165, 1.54) is 0 Å². The van der Waals surface area contributed by atoms with Crippen molar-refractivity contribution >= 4 is 11.8 Å². The van der Waals surface area contributed by atoms with E-state index in [9.17, 15) is 9.59 Å². The highest BCUT2D eigenvalue weighted by Gasteiger charge is 2.20. The Bertz CT molecular complexity index is 822. The van der Waals surface area contributed by atoms with Gasteiger partial charge in [0.05, 0.1) is 11.8 Å². The van der Waals surface area contributed by atoms with E-state index in [4.69, 9.17) is 0 Å². The van der Waals surface area contributed by atoms with Crippen LogP contribution < -0.4 is 10.6 Å². The number of carbonyl (C=O) groups is 2. The van der Waals surface area contributed by atoms with Crippen LogP contribution in [0.25, 0.3) is 0 Å². The first kappa shape index (κ1) is 27.9. The number of carbonyl (C=O) groups excluding carboxylic acids is 2. The highest BCUT2D eigenvalue weighted by Crippen LogP contribution is 2.20. The van der Waals surface area contributed by atoms with Crippen LogP contribution in [0.4, 0.5) is 0 Å². The summed E-state index contributed by atoms with van der Waals surface area (Å²) >= 11 is 0. The lowest BCUT2D eigenvalue weighted by Gasteiger charge is -2.34. The second kappa shape index (κ2) is 15.4. The second-order valence-corrected chi connectivity index (χ2v) is 9.72. The van der Waals surface area contributed by atoms with Gasteiger partial charge in [0.25, 0.3) is 0 Å². The van der Waals surface area contributed by atoms with Gasteiger partial charge in [-0.05, 0) is 49.9 Å².